The summed E-state index contributed by atoms with van der Waals surface area (Å²) < 4.78 is 31.3. The Hall–Kier alpha value is -2.25. The van der Waals surface area contributed by atoms with Gasteiger partial charge in [0.05, 0.1) is 19.1 Å². The van der Waals surface area contributed by atoms with E-state index >= 15 is 0 Å². The van der Waals surface area contributed by atoms with Crippen molar-refractivity contribution < 1.29 is 17.9 Å². The molecule has 2 aromatic carbocycles. The van der Waals surface area contributed by atoms with Gasteiger partial charge in [0.1, 0.15) is 11.8 Å². The van der Waals surface area contributed by atoms with Crippen molar-refractivity contribution in [1.29, 1.82) is 0 Å². The molecule has 0 aliphatic carbocycles. The van der Waals surface area contributed by atoms with Crippen LogP contribution in [0.2, 0.25) is 5.02 Å². The van der Waals surface area contributed by atoms with E-state index in [1.54, 1.807) is 12.1 Å². The monoisotopic (exact) mass is 438 g/mol. The lowest BCUT2D eigenvalue weighted by Crippen LogP contribution is -2.45. The molecule has 158 valence electrons. The summed E-state index contributed by atoms with van der Waals surface area (Å²) in [4.78, 5) is 12.8. The van der Waals surface area contributed by atoms with Crippen LogP contribution in [0.4, 0.5) is 11.4 Å². The Kier molecular flexibility index (Phi) is 7.93. The van der Waals surface area contributed by atoms with Crippen molar-refractivity contribution in [3.8, 4) is 5.75 Å². The van der Waals surface area contributed by atoms with Gasteiger partial charge in [0.25, 0.3) is 0 Å². The Bertz CT molecular complexity index is 946. The molecule has 1 N–H and O–H groups in total. The normalized spacial score (nSPS) is 12.3. The van der Waals surface area contributed by atoms with Crippen LogP contribution >= 0.6 is 11.6 Å². The predicted octanol–water partition coefficient (Wildman–Crippen LogP) is 4.48. The highest BCUT2D eigenvalue weighted by molar-refractivity contribution is 7.92. The lowest BCUT2D eigenvalue weighted by atomic mass is 10.1. The van der Waals surface area contributed by atoms with Gasteiger partial charge < -0.3 is 10.1 Å². The maximum absolute atomic E-state index is 12.8. The molecule has 0 aliphatic heterocycles. The third kappa shape index (κ3) is 6.11. The minimum Gasteiger partial charge on any atom is -0.495 e. The van der Waals surface area contributed by atoms with Crippen LogP contribution in [-0.4, -0.2) is 33.7 Å². The highest BCUT2D eigenvalue weighted by Crippen LogP contribution is 2.34. The van der Waals surface area contributed by atoms with Crippen LogP contribution in [0.15, 0.2) is 42.5 Å². The Labute approximate surface area is 177 Å². The molecule has 0 aliphatic rings. The fraction of sp³-hybridized carbons (Fsp3) is 0.381. The molecule has 8 heteroatoms. The minimum atomic E-state index is -3.79. The summed E-state index contributed by atoms with van der Waals surface area (Å²) in [6.07, 6.45) is 4.25. The molecule has 0 saturated carbocycles. The molecule has 0 saturated heterocycles. The van der Waals surface area contributed by atoms with Gasteiger partial charge in [0, 0.05) is 10.7 Å². The minimum absolute atomic E-state index is 0.208. The third-order valence-corrected chi connectivity index (χ3v) is 5.97. The Morgan fingerprint density at radius 1 is 1.21 bits per heavy atom. The molecular formula is C21H27ClN2O4S. The molecule has 0 heterocycles. The lowest BCUT2D eigenvalue weighted by Gasteiger charge is -2.29. The Morgan fingerprint density at radius 3 is 2.41 bits per heavy atom. The molecule has 0 radical (unpaired) electrons. The number of carbonyl (C=O) groups is 1. The average Bonchev–Trinajstić information content (AvgIpc) is 2.66. The first-order valence-corrected chi connectivity index (χ1v) is 11.6. The van der Waals surface area contributed by atoms with E-state index in [-0.39, 0.29) is 5.69 Å². The number of unbranched alkanes of at least 4 members (excludes halogenated alkanes) is 1. The molecule has 2 rings (SSSR count). The molecule has 0 aromatic heterocycles. The molecule has 0 unspecified atom stereocenters. The van der Waals surface area contributed by atoms with Crippen LogP contribution in [-0.2, 0) is 21.2 Å². The molecule has 1 atom stereocenters. The molecule has 0 spiro atoms. The van der Waals surface area contributed by atoms with E-state index < -0.39 is 22.0 Å². The number of hydrogen-bond acceptors (Lipinski definition) is 4. The molecule has 2 aromatic rings. The van der Waals surface area contributed by atoms with E-state index in [2.05, 4.69) is 12.2 Å². The van der Waals surface area contributed by atoms with Crippen molar-refractivity contribution in [3.63, 3.8) is 0 Å². The number of amides is 1. The van der Waals surface area contributed by atoms with Gasteiger partial charge in [-0.1, -0.05) is 37.1 Å². The SMILES string of the molecule is CCCCc1ccc(NC(=O)[C@H](C)N(c2cc(Cl)ccc2OC)S(C)(=O)=O)cc1. The second kappa shape index (κ2) is 9.98. The number of carbonyl (C=O) groups excluding carboxylic acids is 1. The van der Waals surface area contributed by atoms with E-state index in [0.29, 0.717) is 16.5 Å². The quantitative estimate of drug-likeness (QED) is 0.626. The summed E-state index contributed by atoms with van der Waals surface area (Å²) in [5.74, 6) is -0.154. The molecule has 6 nitrogen and oxygen atoms in total. The highest BCUT2D eigenvalue weighted by Gasteiger charge is 2.31. The van der Waals surface area contributed by atoms with Crippen LogP contribution in [0, 0.1) is 0 Å². The first kappa shape index (κ1) is 23.0. The fourth-order valence-electron chi connectivity index (χ4n) is 3.00. The van der Waals surface area contributed by atoms with Crippen molar-refractivity contribution in [3.05, 3.63) is 53.1 Å². The van der Waals surface area contributed by atoms with Gasteiger partial charge in [-0.3, -0.25) is 9.10 Å². The van der Waals surface area contributed by atoms with Gasteiger partial charge in [0.15, 0.2) is 0 Å². The van der Waals surface area contributed by atoms with Crippen LogP contribution in [0.1, 0.15) is 32.3 Å². The standard InChI is InChI=1S/C21H27ClN2O4S/c1-5-6-7-16-8-11-18(12-9-16)23-21(25)15(2)24(29(4,26)27)19-14-17(22)10-13-20(19)28-3/h8-15H,5-7H2,1-4H3,(H,23,25)/t15-/m0/s1. The third-order valence-electron chi connectivity index (χ3n) is 4.51. The van der Waals surface area contributed by atoms with Crippen molar-refractivity contribution in [2.24, 2.45) is 0 Å². The zero-order valence-corrected chi connectivity index (χ0v) is 18.7. The summed E-state index contributed by atoms with van der Waals surface area (Å²) in [5.41, 5.74) is 2.01. The summed E-state index contributed by atoms with van der Waals surface area (Å²) >= 11 is 6.06. The molecule has 1 amide bonds. The zero-order chi connectivity index (χ0) is 21.6. The molecule has 29 heavy (non-hydrogen) atoms. The number of ether oxygens (including phenoxy) is 1. The second-order valence-electron chi connectivity index (χ2n) is 6.84. The van der Waals surface area contributed by atoms with E-state index in [1.165, 1.54) is 25.7 Å². The number of nitrogens with one attached hydrogen (secondary N) is 1. The van der Waals surface area contributed by atoms with Gasteiger partial charge in [-0.15, -0.1) is 0 Å². The topological polar surface area (TPSA) is 75.7 Å². The number of methoxy groups -OCH3 is 1. The molecule has 0 bridgehead atoms. The van der Waals surface area contributed by atoms with Gasteiger partial charge >= 0.3 is 0 Å². The number of benzene rings is 2. The van der Waals surface area contributed by atoms with E-state index in [0.717, 1.165) is 29.8 Å². The maximum Gasteiger partial charge on any atom is 0.247 e. The fourth-order valence-corrected chi connectivity index (χ4v) is 4.34. The summed E-state index contributed by atoms with van der Waals surface area (Å²) in [6.45, 7) is 3.66. The lowest BCUT2D eigenvalue weighted by molar-refractivity contribution is -0.116. The van der Waals surface area contributed by atoms with Crippen molar-refractivity contribution in [1.82, 2.24) is 0 Å². The number of sulfonamides is 1. The van der Waals surface area contributed by atoms with Gasteiger partial charge in [-0.05, 0) is 55.7 Å². The van der Waals surface area contributed by atoms with Gasteiger partial charge in [-0.2, -0.15) is 0 Å². The van der Waals surface area contributed by atoms with E-state index in [9.17, 15) is 13.2 Å². The van der Waals surface area contributed by atoms with Crippen LogP contribution in [0.3, 0.4) is 0 Å². The average molecular weight is 439 g/mol. The Balaban J connectivity index is 2.27. The van der Waals surface area contributed by atoms with Crippen LogP contribution in [0.25, 0.3) is 0 Å². The van der Waals surface area contributed by atoms with E-state index in [4.69, 9.17) is 16.3 Å². The first-order valence-electron chi connectivity index (χ1n) is 9.40. The van der Waals surface area contributed by atoms with Crippen LogP contribution < -0.4 is 14.4 Å². The number of aryl methyl sites for hydroxylation is 1. The van der Waals surface area contributed by atoms with Crippen molar-refractivity contribution >= 4 is 38.9 Å². The number of hydrogen-bond donors (Lipinski definition) is 1. The van der Waals surface area contributed by atoms with Gasteiger partial charge in [0.2, 0.25) is 15.9 Å². The maximum atomic E-state index is 12.8. The summed E-state index contributed by atoms with van der Waals surface area (Å²) in [5, 5.41) is 3.12. The van der Waals surface area contributed by atoms with Gasteiger partial charge in [-0.25, -0.2) is 8.42 Å². The molecular weight excluding hydrogens is 412 g/mol. The predicted molar refractivity (Wildman–Crippen MR) is 118 cm³/mol. The number of nitrogens with zero attached hydrogens (tertiary/aromatic N) is 1. The zero-order valence-electron chi connectivity index (χ0n) is 17.1. The highest BCUT2D eigenvalue weighted by atomic mass is 35.5. The summed E-state index contributed by atoms with van der Waals surface area (Å²) in [6, 6.07) is 11.2. The number of halogens is 1. The smallest absolute Gasteiger partial charge is 0.247 e. The van der Waals surface area contributed by atoms with E-state index in [1.807, 2.05) is 24.3 Å². The largest absolute Gasteiger partial charge is 0.495 e. The van der Waals surface area contributed by atoms with Crippen molar-refractivity contribution in [2.45, 2.75) is 39.2 Å². The second-order valence-corrected chi connectivity index (χ2v) is 9.14. The summed E-state index contributed by atoms with van der Waals surface area (Å²) in [7, 11) is -2.36. The number of anilines is 2. The van der Waals surface area contributed by atoms with Crippen LogP contribution in [0.5, 0.6) is 5.75 Å². The number of rotatable bonds is 9. The molecule has 0 fully saturated rings. The first-order chi connectivity index (χ1) is 13.7. The Morgan fingerprint density at radius 2 is 1.86 bits per heavy atom. The van der Waals surface area contributed by atoms with Crippen molar-refractivity contribution in [2.75, 3.05) is 23.0 Å².